The number of aromatic nitrogens is 2. The van der Waals surface area contributed by atoms with Gasteiger partial charge in [0.25, 0.3) is 5.91 Å². The Hall–Kier alpha value is -1.81. The first-order chi connectivity index (χ1) is 9.20. The number of hydrogen-bond acceptors (Lipinski definition) is 2. The van der Waals surface area contributed by atoms with Crippen molar-refractivity contribution >= 4 is 17.5 Å². The molecule has 4 nitrogen and oxygen atoms in total. The minimum atomic E-state index is -0.125. The Bertz CT molecular complexity index is 539. The predicted octanol–water partition coefficient (Wildman–Crippen LogP) is 2.62. The smallest absolute Gasteiger partial charge is 0.254 e. The monoisotopic (exact) mass is 277 g/mol. The minimum absolute atomic E-state index is 0.0603. The van der Waals surface area contributed by atoms with E-state index in [4.69, 9.17) is 11.6 Å². The summed E-state index contributed by atoms with van der Waals surface area (Å²) >= 11 is 5.64. The van der Waals surface area contributed by atoms with Gasteiger partial charge in [-0.2, -0.15) is 5.10 Å². The maximum absolute atomic E-state index is 12.0. The van der Waals surface area contributed by atoms with Crippen LogP contribution in [0.4, 0.5) is 0 Å². The molecule has 1 aromatic carbocycles. The molecule has 0 radical (unpaired) electrons. The Morgan fingerprint density at radius 3 is 2.84 bits per heavy atom. The van der Waals surface area contributed by atoms with Gasteiger partial charge < -0.3 is 5.32 Å². The molecule has 1 atom stereocenters. The zero-order valence-corrected chi connectivity index (χ0v) is 11.5. The second kappa shape index (κ2) is 6.38. The van der Waals surface area contributed by atoms with Crippen molar-refractivity contribution < 1.29 is 4.79 Å². The highest BCUT2D eigenvalue weighted by atomic mass is 35.5. The maximum atomic E-state index is 12.0. The van der Waals surface area contributed by atoms with E-state index in [1.54, 1.807) is 17.1 Å². The highest BCUT2D eigenvalue weighted by Gasteiger charge is 2.11. The quantitative estimate of drug-likeness (QED) is 0.854. The van der Waals surface area contributed by atoms with Crippen LogP contribution in [0.1, 0.15) is 23.7 Å². The van der Waals surface area contributed by atoms with Gasteiger partial charge in [0.1, 0.15) is 0 Å². The van der Waals surface area contributed by atoms with Gasteiger partial charge in [0, 0.05) is 18.1 Å². The van der Waals surface area contributed by atoms with Crippen molar-refractivity contribution in [1.82, 2.24) is 15.1 Å². The minimum Gasteiger partial charge on any atom is -0.349 e. The van der Waals surface area contributed by atoms with Crippen molar-refractivity contribution in [2.75, 3.05) is 5.88 Å². The number of benzene rings is 1. The van der Waals surface area contributed by atoms with Crippen LogP contribution in [0.3, 0.4) is 0 Å². The van der Waals surface area contributed by atoms with Crippen molar-refractivity contribution in [3.63, 3.8) is 0 Å². The number of carbonyl (C=O) groups is 1. The van der Waals surface area contributed by atoms with Crippen LogP contribution >= 0.6 is 11.6 Å². The van der Waals surface area contributed by atoms with E-state index < -0.39 is 0 Å². The molecule has 1 N–H and O–H groups in total. The summed E-state index contributed by atoms with van der Waals surface area (Å²) in [4.78, 5) is 12.0. The van der Waals surface area contributed by atoms with Gasteiger partial charge >= 0.3 is 0 Å². The number of carbonyl (C=O) groups excluding carboxylic acids is 1. The van der Waals surface area contributed by atoms with Crippen LogP contribution in [-0.4, -0.2) is 27.6 Å². The molecule has 0 aliphatic carbocycles. The van der Waals surface area contributed by atoms with Gasteiger partial charge in [0.15, 0.2) is 0 Å². The molecule has 1 unspecified atom stereocenters. The number of hydrogen-bond donors (Lipinski definition) is 1. The summed E-state index contributed by atoms with van der Waals surface area (Å²) in [7, 11) is 0. The van der Waals surface area contributed by atoms with E-state index in [-0.39, 0.29) is 11.9 Å². The number of amides is 1. The van der Waals surface area contributed by atoms with Crippen molar-refractivity contribution in [1.29, 1.82) is 0 Å². The Labute approximate surface area is 117 Å². The van der Waals surface area contributed by atoms with Gasteiger partial charge in [-0.05, 0) is 25.5 Å². The van der Waals surface area contributed by atoms with Crippen LogP contribution in [-0.2, 0) is 0 Å². The topological polar surface area (TPSA) is 46.9 Å². The Kier molecular flexibility index (Phi) is 4.58. The first-order valence-electron chi connectivity index (χ1n) is 6.17. The lowest BCUT2D eigenvalue weighted by atomic mass is 10.2. The van der Waals surface area contributed by atoms with Crippen LogP contribution in [0.2, 0.25) is 0 Å². The average molecular weight is 278 g/mol. The lowest BCUT2D eigenvalue weighted by Crippen LogP contribution is -2.32. The van der Waals surface area contributed by atoms with Crippen molar-refractivity contribution in [3.8, 4) is 5.69 Å². The Morgan fingerprint density at radius 2 is 2.16 bits per heavy atom. The molecule has 0 spiro atoms. The molecule has 19 heavy (non-hydrogen) atoms. The normalized spacial score (nSPS) is 12.1. The van der Waals surface area contributed by atoms with Gasteiger partial charge in [-0.1, -0.05) is 18.2 Å². The van der Waals surface area contributed by atoms with Gasteiger partial charge in [0.05, 0.1) is 17.4 Å². The van der Waals surface area contributed by atoms with E-state index >= 15 is 0 Å². The molecule has 0 saturated carbocycles. The van der Waals surface area contributed by atoms with Gasteiger partial charge in [-0.3, -0.25) is 4.79 Å². The number of nitrogens with one attached hydrogen (secondary N) is 1. The lowest BCUT2D eigenvalue weighted by molar-refractivity contribution is 0.0939. The number of para-hydroxylation sites is 1. The third kappa shape index (κ3) is 3.58. The molecule has 1 heterocycles. The molecule has 0 saturated heterocycles. The van der Waals surface area contributed by atoms with Crippen LogP contribution in [0, 0.1) is 0 Å². The van der Waals surface area contributed by atoms with E-state index in [0.717, 1.165) is 12.1 Å². The molecular weight excluding hydrogens is 262 g/mol. The van der Waals surface area contributed by atoms with Crippen LogP contribution in [0.5, 0.6) is 0 Å². The van der Waals surface area contributed by atoms with Gasteiger partial charge in [-0.15, -0.1) is 11.6 Å². The fourth-order valence-corrected chi connectivity index (χ4v) is 2.03. The van der Waals surface area contributed by atoms with Crippen LogP contribution in [0.15, 0.2) is 42.7 Å². The first-order valence-corrected chi connectivity index (χ1v) is 6.71. The molecular formula is C14H16ClN3O. The van der Waals surface area contributed by atoms with Crippen LogP contribution in [0.25, 0.3) is 5.69 Å². The van der Waals surface area contributed by atoms with E-state index in [2.05, 4.69) is 10.4 Å². The van der Waals surface area contributed by atoms with Crippen LogP contribution < -0.4 is 5.32 Å². The summed E-state index contributed by atoms with van der Waals surface area (Å²) in [5, 5.41) is 7.08. The second-order valence-corrected chi connectivity index (χ2v) is 4.74. The second-order valence-electron chi connectivity index (χ2n) is 4.36. The Balaban J connectivity index is 2.07. The molecule has 1 amide bonds. The van der Waals surface area contributed by atoms with E-state index in [9.17, 15) is 4.79 Å². The molecule has 100 valence electrons. The zero-order chi connectivity index (χ0) is 13.7. The maximum Gasteiger partial charge on any atom is 0.254 e. The zero-order valence-electron chi connectivity index (χ0n) is 10.7. The Morgan fingerprint density at radius 1 is 1.42 bits per heavy atom. The van der Waals surface area contributed by atoms with Crippen molar-refractivity contribution in [2.45, 2.75) is 19.4 Å². The fourth-order valence-electron chi connectivity index (χ4n) is 1.70. The number of alkyl halides is 1. The van der Waals surface area contributed by atoms with E-state index in [1.165, 1.54) is 0 Å². The first kappa shape index (κ1) is 13.6. The number of halogens is 1. The molecule has 0 aliphatic heterocycles. The van der Waals surface area contributed by atoms with Gasteiger partial charge in [0.2, 0.25) is 0 Å². The molecule has 1 aromatic heterocycles. The summed E-state index contributed by atoms with van der Waals surface area (Å²) < 4.78 is 1.68. The third-order valence-electron chi connectivity index (χ3n) is 2.79. The third-order valence-corrected chi connectivity index (χ3v) is 3.00. The molecule has 2 rings (SSSR count). The standard InChI is InChI=1S/C14H16ClN3O/c1-11(7-8-15)17-14(19)12-9-16-18(10-12)13-5-3-2-4-6-13/h2-6,9-11H,7-8H2,1H3,(H,17,19). The molecule has 5 heteroatoms. The largest absolute Gasteiger partial charge is 0.349 e. The van der Waals surface area contributed by atoms with E-state index in [0.29, 0.717) is 11.4 Å². The predicted molar refractivity (Wildman–Crippen MR) is 75.8 cm³/mol. The summed E-state index contributed by atoms with van der Waals surface area (Å²) in [5.41, 5.74) is 1.47. The summed E-state index contributed by atoms with van der Waals surface area (Å²) in [6.45, 7) is 1.93. The highest BCUT2D eigenvalue weighted by molar-refractivity contribution is 6.17. The fraction of sp³-hybridized carbons (Fsp3) is 0.286. The number of rotatable bonds is 5. The summed E-state index contributed by atoms with van der Waals surface area (Å²) in [6.07, 6.45) is 4.04. The summed E-state index contributed by atoms with van der Waals surface area (Å²) in [5.74, 6) is 0.407. The molecule has 0 fully saturated rings. The van der Waals surface area contributed by atoms with Gasteiger partial charge in [-0.25, -0.2) is 4.68 Å². The molecule has 2 aromatic rings. The lowest BCUT2D eigenvalue weighted by Gasteiger charge is -2.10. The van der Waals surface area contributed by atoms with Crippen molar-refractivity contribution in [2.24, 2.45) is 0 Å². The molecule has 0 bridgehead atoms. The molecule has 0 aliphatic rings. The number of nitrogens with zero attached hydrogens (tertiary/aromatic N) is 2. The van der Waals surface area contributed by atoms with E-state index in [1.807, 2.05) is 37.3 Å². The SMILES string of the molecule is CC(CCCl)NC(=O)c1cnn(-c2ccccc2)c1. The highest BCUT2D eigenvalue weighted by Crippen LogP contribution is 2.08. The van der Waals surface area contributed by atoms with Crippen molar-refractivity contribution in [3.05, 3.63) is 48.3 Å². The average Bonchev–Trinajstić information content (AvgIpc) is 2.89. The summed E-state index contributed by atoms with van der Waals surface area (Å²) in [6, 6.07) is 9.73.